The molecule has 5 aromatic carbocycles. The summed E-state index contributed by atoms with van der Waals surface area (Å²) >= 11 is 2.00. The molecule has 0 radical (unpaired) electrons. The predicted molar refractivity (Wildman–Crippen MR) is 235 cm³/mol. The van der Waals surface area contributed by atoms with Crippen molar-refractivity contribution in [2.45, 2.75) is 112 Å². The van der Waals surface area contributed by atoms with E-state index in [0.717, 1.165) is 0 Å². The third-order valence-electron chi connectivity index (χ3n) is 11.5. The van der Waals surface area contributed by atoms with Crippen molar-refractivity contribution < 1.29 is 0 Å². The number of nitrogens with zero attached hydrogens (tertiary/aromatic N) is 2. The van der Waals surface area contributed by atoms with E-state index in [1.165, 1.54) is 87.7 Å². The summed E-state index contributed by atoms with van der Waals surface area (Å²) < 4.78 is 2.79. The molecule has 0 saturated heterocycles. The van der Waals surface area contributed by atoms with Crippen LogP contribution in [0, 0.1) is 6.92 Å². The van der Waals surface area contributed by atoms with Crippen LogP contribution in [0.25, 0.3) is 10.1 Å². The van der Waals surface area contributed by atoms with E-state index >= 15 is 0 Å². The maximum absolute atomic E-state index is 2.60. The van der Waals surface area contributed by atoms with Crippen LogP contribution in [0.15, 0.2) is 97.1 Å². The maximum Gasteiger partial charge on any atom is 0.264 e. The molecule has 3 heterocycles. The maximum atomic E-state index is 2.60. The van der Waals surface area contributed by atoms with Crippen LogP contribution in [0.2, 0.25) is 0 Å². The fourth-order valence-corrected chi connectivity index (χ4v) is 9.68. The molecule has 0 atom stereocenters. The summed E-state index contributed by atoms with van der Waals surface area (Å²) in [5.41, 5.74) is 17.3. The number of rotatable bonds is 2. The minimum Gasteiger partial charge on any atom is -0.311 e. The first-order chi connectivity index (χ1) is 24.7. The third kappa shape index (κ3) is 5.93. The summed E-state index contributed by atoms with van der Waals surface area (Å²) in [6, 6.07) is 38.1. The summed E-state index contributed by atoms with van der Waals surface area (Å²) in [5.74, 6) is 0. The SMILES string of the molecule is Cc1cc2c3c(c1)N(c1ccc(C(C)(C)C)cc1)c1c(sc4cc(C(C)(C)C)ccc14)B3c1cc(C(C)(C)C)ccc1N2c1cccc(C(C)(C)C)c1. The minimum absolute atomic E-state index is 0.0164. The Morgan fingerprint density at radius 3 is 1.66 bits per heavy atom. The Labute approximate surface area is 323 Å². The van der Waals surface area contributed by atoms with Crippen LogP contribution in [0.1, 0.15) is 111 Å². The zero-order valence-electron chi connectivity index (χ0n) is 34.1. The number of aryl methyl sites for hydroxylation is 1. The zero-order chi connectivity index (χ0) is 38.0. The van der Waals surface area contributed by atoms with E-state index in [2.05, 4.69) is 197 Å². The van der Waals surface area contributed by atoms with E-state index < -0.39 is 0 Å². The van der Waals surface area contributed by atoms with Crippen molar-refractivity contribution in [2.24, 2.45) is 0 Å². The summed E-state index contributed by atoms with van der Waals surface area (Å²) in [7, 11) is 0. The molecular weight excluding hydrogens is 659 g/mol. The molecular formula is C49H55BN2S. The summed E-state index contributed by atoms with van der Waals surface area (Å²) in [6.07, 6.45) is 0. The summed E-state index contributed by atoms with van der Waals surface area (Å²) in [6.45, 7) is 30.2. The smallest absolute Gasteiger partial charge is 0.264 e. The third-order valence-corrected chi connectivity index (χ3v) is 12.7. The number of thiophene rings is 1. The van der Waals surface area contributed by atoms with Crippen molar-refractivity contribution in [3.8, 4) is 0 Å². The van der Waals surface area contributed by atoms with Gasteiger partial charge < -0.3 is 9.80 Å². The molecule has 0 aliphatic carbocycles. The minimum atomic E-state index is 0.0164. The Balaban J connectivity index is 1.49. The second kappa shape index (κ2) is 11.9. The van der Waals surface area contributed by atoms with E-state index in [1.807, 2.05) is 11.3 Å². The van der Waals surface area contributed by atoms with Gasteiger partial charge in [-0.25, -0.2) is 0 Å². The van der Waals surface area contributed by atoms with Crippen molar-refractivity contribution in [3.63, 3.8) is 0 Å². The molecule has 0 amide bonds. The van der Waals surface area contributed by atoms with Gasteiger partial charge in [0.05, 0.1) is 5.69 Å². The van der Waals surface area contributed by atoms with E-state index in [0.29, 0.717) is 0 Å². The van der Waals surface area contributed by atoms with Crippen molar-refractivity contribution in [2.75, 3.05) is 9.80 Å². The van der Waals surface area contributed by atoms with Gasteiger partial charge in [0.15, 0.2) is 0 Å². The molecule has 270 valence electrons. The number of hydrogen-bond acceptors (Lipinski definition) is 3. The molecule has 2 aliphatic heterocycles. The first-order valence-electron chi connectivity index (χ1n) is 19.4. The lowest BCUT2D eigenvalue weighted by Gasteiger charge is -2.44. The summed E-state index contributed by atoms with van der Waals surface area (Å²) in [4.78, 5) is 5.16. The quantitative estimate of drug-likeness (QED) is 0.165. The van der Waals surface area contributed by atoms with Gasteiger partial charge in [-0.05, 0) is 116 Å². The van der Waals surface area contributed by atoms with Gasteiger partial charge in [-0.15, -0.1) is 11.3 Å². The first-order valence-corrected chi connectivity index (χ1v) is 20.2. The Morgan fingerprint density at radius 1 is 0.491 bits per heavy atom. The second-order valence-corrected chi connectivity index (χ2v) is 20.8. The topological polar surface area (TPSA) is 6.48 Å². The standard InChI is InChI=1S/C49H55BN2S/c1-30-25-40-43-41(26-30)52(35-21-17-31(18-22-35)46(2,3)4)44-37-23-19-34(49(11,12)13)29-42(37)53-45(44)50(43)38-28-33(48(8,9)10)20-24-39(38)51(40)36-16-14-15-32(27-36)47(5,6)7/h14-29H,1-13H3. The average molecular weight is 715 g/mol. The van der Waals surface area contributed by atoms with Gasteiger partial charge >= 0.3 is 0 Å². The molecule has 6 aromatic rings. The number of benzene rings is 5. The van der Waals surface area contributed by atoms with Crippen LogP contribution in [-0.4, -0.2) is 6.71 Å². The Bertz CT molecular complexity index is 2400. The highest BCUT2D eigenvalue weighted by atomic mass is 32.1. The lowest BCUT2D eigenvalue weighted by atomic mass is 9.36. The molecule has 4 heteroatoms. The highest BCUT2D eigenvalue weighted by molar-refractivity contribution is 7.33. The molecule has 0 bridgehead atoms. The Kier molecular flexibility index (Phi) is 8.00. The van der Waals surface area contributed by atoms with Crippen molar-refractivity contribution in [1.29, 1.82) is 0 Å². The van der Waals surface area contributed by atoms with E-state index in [1.54, 1.807) is 0 Å². The molecule has 8 rings (SSSR count). The average Bonchev–Trinajstić information content (AvgIpc) is 3.45. The number of anilines is 6. The predicted octanol–water partition coefficient (Wildman–Crippen LogP) is 12.5. The van der Waals surface area contributed by atoms with Crippen molar-refractivity contribution in [1.82, 2.24) is 0 Å². The van der Waals surface area contributed by atoms with Crippen molar-refractivity contribution in [3.05, 3.63) is 125 Å². The van der Waals surface area contributed by atoms with E-state index in [-0.39, 0.29) is 28.4 Å². The number of fused-ring (bicyclic) bond motifs is 6. The van der Waals surface area contributed by atoms with Crippen molar-refractivity contribution >= 4 is 78.0 Å². The molecule has 2 aliphatic rings. The van der Waals surface area contributed by atoms with Crippen LogP contribution in [-0.2, 0) is 21.7 Å². The first kappa shape index (κ1) is 35.7. The second-order valence-electron chi connectivity index (χ2n) is 19.7. The van der Waals surface area contributed by atoms with Gasteiger partial charge in [-0.3, -0.25) is 0 Å². The largest absolute Gasteiger partial charge is 0.311 e. The monoisotopic (exact) mass is 714 g/mol. The molecule has 0 unspecified atom stereocenters. The summed E-state index contributed by atoms with van der Waals surface area (Å²) in [5, 5.41) is 1.33. The molecule has 0 spiro atoms. The van der Waals surface area contributed by atoms with E-state index in [9.17, 15) is 0 Å². The lowest BCUT2D eigenvalue weighted by molar-refractivity contribution is 0.590. The van der Waals surface area contributed by atoms with Gasteiger partial charge in [0, 0.05) is 43.3 Å². The molecule has 2 nitrogen and oxygen atoms in total. The zero-order valence-corrected chi connectivity index (χ0v) is 34.9. The van der Waals surface area contributed by atoms with Gasteiger partial charge in [-0.1, -0.05) is 132 Å². The van der Waals surface area contributed by atoms with Gasteiger partial charge in [0.2, 0.25) is 0 Å². The van der Waals surface area contributed by atoms with Gasteiger partial charge in [-0.2, -0.15) is 0 Å². The van der Waals surface area contributed by atoms with Crippen LogP contribution in [0.5, 0.6) is 0 Å². The van der Waals surface area contributed by atoms with Crippen LogP contribution in [0.3, 0.4) is 0 Å². The molecule has 0 fully saturated rings. The fourth-order valence-electron chi connectivity index (χ4n) is 8.32. The molecule has 0 saturated carbocycles. The van der Waals surface area contributed by atoms with Crippen LogP contribution in [0.4, 0.5) is 34.1 Å². The normalized spacial score (nSPS) is 14.4. The highest BCUT2D eigenvalue weighted by Gasteiger charge is 2.46. The van der Waals surface area contributed by atoms with E-state index in [4.69, 9.17) is 0 Å². The molecule has 53 heavy (non-hydrogen) atoms. The lowest BCUT2D eigenvalue weighted by Crippen LogP contribution is -2.60. The Morgan fingerprint density at radius 2 is 1.04 bits per heavy atom. The molecule has 0 N–H and O–H groups in total. The van der Waals surface area contributed by atoms with Crippen LogP contribution < -0.4 is 25.5 Å². The highest BCUT2D eigenvalue weighted by Crippen LogP contribution is 2.49. The van der Waals surface area contributed by atoms with Gasteiger partial charge in [0.1, 0.15) is 0 Å². The van der Waals surface area contributed by atoms with Gasteiger partial charge in [0.25, 0.3) is 6.71 Å². The number of hydrogen-bond donors (Lipinski definition) is 0. The fraction of sp³-hybridized carbons (Fsp3) is 0.347. The molecule has 1 aromatic heterocycles. The Hall–Kier alpha value is -4.28. The van der Waals surface area contributed by atoms with Crippen LogP contribution >= 0.6 is 11.3 Å².